The predicted molar refractivity (Wildman–Crippen MR) is 95.4 cm³/mol. The van der Waals surface area contributed by atoms with E-state index in [4.69, 9.17) is 9.57 Å². The second-order valence-corrected chi connectivity index (χ2v) is 8.03. The van der Waals surface area contributed by atoms with Crippen molar-refractivity contribution in [2.75, 3.05) is 6.61 Å². The number of hydroxylamine groups is 2. The van der Waals surface area contributed by atoms with Gasteiger partial charge in [-0.05, 0) is 51.0 Å². The Bertz CT molecular complexity index is 506. The fourth-order valence-electron chi connectivity index (χ4n) is 4.98. The zero-order valence-corrected chi connectivity index (χ0v) is 15.0. The summed E-state index contributed by atoms with van der Waals surface area (Å²) in [7, 11) is 0. The third-order valence-electron chi connectivity index (χ3n) is 6.36. The normalized spacial score (nSPS) is 27.5. The lowest BCUT2D eigenvalue weighted by atomic mass is 9.81. The van der Waals surface area contributed by atoms with E-state index in [0.29, 0.717) is 0 Å². The Morgan fingerprint density at radius 2 is 1.54 bits per heavy atom. The van der Waals surface area contributed by atoms with E-state index in [0.717, 1.165) is 19.4 Å². The molecule has 24 heavy (non-hydrogen) atoms. The molecule has 4 rings (SSSR count). The van der Waals surface area contributed by atoms with Crippen molar-refractivity contribution >= 4 is 0 Å². The third-order valence-corrected chi connectivity index (χ3v) is 6.36. The van der Waals surface area contributed by atoms with Crippen LogP contribution in [0.3, 0.4) is 0 Å². The molecular weight excluding hydrogens is 298 g/mol. The summed E-state index contributed by atoms with van der Waals surface area (Å²) in [5, 5.41) is 2.37. The second kappa shape index (κ2) is 6.78. The van der Waals surface area contributed by atoms with Crippen LogP contribution in [0.5, 0.6) is 0 Å². The molecule has 2 aliphatic carbocycles. The van der Waals surface area contributed by atoms with Crippen molar-refractivity contribution in [3.8, 4) is 0 Å². The molecule has 0 aromatic heterocycles. The highest BCUT2D eigenvalue weighted by atomic mass is 16.7. The van der Waals surface area contributed by atoms with Gasteiger partial charge in [-0.1, -0.05) is 56.0 Å². The lowest BCUT2D eigenvalue weighted by Crippen LogP contribution is -2.56. The van der Waals surface area contributed by atoms with Crippen molar-refractivity contribution in [1.29, 1.82) is 0 Å². The Kier molecular flexibility index (Phi) is 4.68. The molecule has 1 atom stereocenters. The molecule has 3 heteroatoms. The first-order chi connectivity index (χ1) is 11.7. The van der Waals surface area contributed by atoms with Gasteiger partial charge >= 0.3 is 0 Å². The first kappa shape index (κ1) is 16.6. The Hall–Kier alpha value is -0.900. The van der Waals surface area contributed by atoms with Crippen molar-refractivity contribution in [1.82, 2.24) is 5.06 Å². The van der Waals surface area contributed by atoms with Gasteiger partial charge in [0, 0.05) is 0 Å². The SMILES string of the molecule is CC(ON1C2(CCCCC2)COC12CCCCC2)c1ccccc1. The van der Waals surface area contributed by atoms with E-state index < -0.39 is 0 Å². The molecular formula is C21H31NO2. The summed E-state index contributed by atoms with van der Waals surface area (Å²) in [6.45, 7) is 3.04. The maximum atomic E-state index is 6.69. The van der Waals surface area contributed by atoms with Gasteiger partial charge < -0.3 is 4.74 Å². The standard InChI is InChI=1S/C21H31NO2/c1-18(19-11-5-2-6-12-19)24-22-20(13-7-3-8-14-20)17-23-21(22)15-9-4-10-16-21/h2,5-6,11-12,18H,3-4,7-10,13-17H2,1H3. The molecule has 0 radical (unpaired) electrons. The molecule has 3 aliphatic rings. The molecule has 1 aromatic rings. The Labute approximate surface area is 146 Å². The van der Waals surface area contributed by atoms with Crippen molar-refractivity contribution in [3.05, 3.63) is 35.9 Å². The fraction of sp³-hybridized carbons (Fsp3) is 0.714. The van der Waals surface area contributed by atoms with Crippen LogP contribution in [0.2, 0.25) is 0 Å². The van der Waals surface area contributed by atoms with Gasteiger partial charge in [-0.2, -0.15) is 0 Å². The van der Waals surface area contributed by atoms with Crippen LogP contribution in [-0.2, 0) is 9.57 Å². The van der Waals surface area contributed by atoms with Crippen molar-refractivity contribution in [3.63, 3.8) is 0 Å². The number of nitrogens with zero attached hydrogens (tertiary/aromatic N) is 1. The van der Waals surface area contributed by atoms with Crippen LogP contribution in [-0.4, -0.2) is 22.9 Å². The van der Waals surface area contributed by atoms with Gasteiger partial charge in [-0.15, -0.1) is 5.06 Å². The average molecular weight is 329 g/mol. The van der Waals surface area contributed by atoms with Gasteiger partial charge in [-0.3, -0.25) is 4.84 Å². The smallest absolute Gasteiger partial charge is 0.144 e. The molecule has 3 nitrogen and oxygen atoms in total. The van der Waals surface area contributed by atoms with Crippen LogP contribution in [0.4, 0.5) is 0 Å². The van der Waals surface area contributed by atoms with Crippen LogP contribution < -0.4 is 0 Å². The minimum absolute atomic E-state index is 0.0745. The van der Waals surface area contributed by atoms with Crippen molar-refractivity contribution < 1.29 is 9.57 Å². The molecule has 1 saturated heterocycles. The third kappa shape index (κ3) is 2.91. The van der Waals surface area contributed by atoms with E-state index in [1.165, 1.54) is 56.9 Å². The largest absolute Gasteiger partial charge is 0.356 e. The Morgan fingerprint density at radius 3 is 2.21 bits per heavy atom. The highest BCUT2D eigenvalue weighted by molar-refractivity contribution is 5.17. The number of rotatable bonds is 3. The van der Waals surface area contributed by atoms with Crippen molar-refractivity contribution in [2.45, 2.75) is 88.5 Å². The monoisotopic (exact) mass is 329 g/mol. The van der Waals surface area contributed by atoms with E-state index in [9.17, 15) is 0 Å². The molecule has 1 aromatic carbocycles. The second-order valence-electron chi connectivity index (χ2n) is 8.03. The molecule has 3 fully saturated rings. The van der Waals surface area contributed by atoms with Gasteiger partial charge in [-0.25, -0.2) is 0 Å². The highest BCUT2D eigenvalue weighted by Crippen LogP contribution is 2.50. The fourth-order valence-corrected chi connectivity index (χ4v) is 4.98. The molecule has 132 valence electrons. The minimum Gasteiger partial charge on any atom is -0.356 e. The van der Waals surface area contributed by atoms with E-state index in [1.807, 2.05) is 0 Å². The van der Waals surface area contributed by atoms with Gasteiger partial charge in [0.1, 0.15) is 11.8 Å². The Balaban J connectivity index is 1.60. The van der Waals surface area contributed by atoms with Crippen LogP contribution in [0, 0.1) is 0 Å². The zero-order chi connectivity index (χ0) is 16.5. The number of benzene rings is 1. The van der Waals surface area contributed by atoms with Crippen LogP contribution >= 0.6 is 0 Å². The van der Waals surface area contributed by atoms with E-state index >= 15 is 0 Å². The molecule has 1 unspecified atom stereocenters. The number of hydrogen-bond acceptors (Lipinski definition) is 3. The number of hydrogen-bond donors (Lipinski definition) is 0. The molecule has 0 amide bonds. The lowest BCUT2D eigenvalue weighted by Gasteiger charge is -2.47. The summed E-state index contributed by atoms with van der Waals surface area (Å²) in [6.07, 6.45) is 12.6. The molecule has 1 heterocycles. The molecule has 0 N–H and O–H groups in total. The van der Waals surface area contributed by atoms with Crippen LogP contribution in [0.1, 0.15) is 82.8 Å². The van der Waals surface area contributed by atoms with Gasteiger partial charge in [0.2, 0.25) is 0 Å². The molecule has 2 spiro atoms. The van der Waals surface area contributed by atoms with E-state index in [2.05, 4.69) is 42.3 Å². The summed E-state index contributed by atoms with van der Waals surface area (Å²) in [5.41, 5.74) is 1.19. The van der Waals surface area contributed by atoms with E-state index in [1.54, 1.807) is 0 Å². The van der Waals surface area contributed by atoms with Crippen molar-refractivity contribution in [2.24, 2.45) is 0 Å². The predicted octanol–water partition coefficient (Wildman–Crippen LogP) is 5.37. The van der Waals surface area contributed by atoms with Gasteiger partial charge in [0.25, 0.3) is 0 Å². The zero-order valence-electron chi connectivity index (χ0n) is 15.0. The van der Waals surface area contributed by atoms with Crippen LogP contribution in [0.15, 0.2) is 30.3 Å². The molecule has 1 aliphatic heterocycles. The molecule has 2 saturated carbocycles. The summed E-state index contributed by atoms with van der Waals surface area (Å²) in [4.78, 5) is 6.69. The maximum Gasteiger partial charge on any atom is 0.144 e. The van der Waals surface area contributed by atoms with Crippen LogP contribution in [0.25, 0.3) is 0 Å². The maximum absolute atomic E-state index is 6.69. The first-order valence-electron chi connectivity index (χ1n) is 9.90. The van der Waals surface area contributed by atoms with Gasteiger partial charge in [0.15, 0.2) is 0 Å². The topological polar surface area (TPSA) is 21.7 Å². The van der Waals surface area contributed by atoms with Gasteiger partial charge in [0.05, 0.1) is 12.1 Å². The number of ether oxygens (including phenoxy) is 1. The summed E-state index contributed by atoms with van der Waals surface area (Å²) < 4.78 is 6.53. The lowest BCUT2D eigenvalue weighted by molar-refractivity contribution is -0.321. The quantitative estimate of drug-likeness (QED) is 0.743. The summed E-state index contributed by atoms with van der Waals surface area (Å²) >= 11 is 0. The summed E-state index contributed by atoms with van der Waals surface area (Å²) in [5.74, 6) is 0. The first-order valence-corrected chi connectivity index (χ1v) is 9.90. The average Bonchev–Trinajstić information content (AvgIpc) is 2.91. The molecule has 0 bridgehead atoms. The van der Waals surface area contributed by atoms with E-state index in [-0.39, 0.29) is 17.4 Å². The summed E-state index contributed by atoms with van der Waals surface area (Å²) in [6, 6.07) is 10.6. The highest BCUT2D eigenvalue weighted by Gasteiger charge is 2.57. The Morgan fingerprint density at radius 1 is 0.917 bits per heavy atom. The minimum atomic E-state index is -0.168.